The maximum Gasteiger partial charge on any atom is 0.344 e. The van der Waals surface area contributed by atoms with Crippen LogP contribution in [-0.2, 0) is 19.1 Å². The molecule has 0 spiro atoms. The molecule has 0 radical (unpaired) electrons. The van der Waals surface area contributed by atoms with Crippen molar-refractivity contribution in [2.45, 2.75) is 33.2 Å². The van der Waals surface area contributed by atoms with E-state index in [1.807, 2.05) is 20.8 Å². The number of nitrogens with zero attached hydrogens (tertiary/aromatic N) is 1. The van der Waals surface area contributed by atoms with E-state index >= 15 is 0 Å². The van der Waals surface area contributed by atoms with Gasteiger partial charge in [0.15, 0.2) is 19.0 Å². The molecule has 0 saturated carbocycles. The maximum atomic E-state index is 11.9. The van der Waals surface area contributed by atoms with E-state index in [9.17, 15) is 19.2 Å². The number of Topliss-reactive ketones (excluding diaryl/α,β-unsaturated/α-hetero) is 1. The predicted octanol–water partition coefficient (Wildman–Crippen LogP) is 1.18. The number of carbonyl (C=O) groups excluding carboxylic acids is 4. The Labute approximate surface area is 158 Å². The van der Waals surface area contributed by atoms with Crippen LogP contribution in [0.3, 0.4) is 0 Å². The van der Waals surface area contributed by atoms with Crippen LogP contribution < -0.4 is 10.1 Å². The summed E-state index contributed by atoms with van der Waals surface area (Å²) >= 11 is 0. The molecule has 1 aromatic rings. The summed E-state index contributed by atoms with van der Waals surface area (Å²) in [6, 6.07) is 6.31. The van der Waals surface area contributed by atoms with Crippen molar-refractivity contribution in [3.05, 3.63) is 29.8 Å². The van der Waals surface area contributed by atoms with Gasteiger partial charge in [-0.05, 0) is 52.0 Å². The molecule has 0 heterocycles. The molecular weight excluding hydrogens is 352 g/mol. The number of amides is 2. The van der Waals surface area contributed by atoms with Crippen LogP contribution in [0.1, 0.15) is 38.1 Å². The summed E-state index contributed by atoms with van der Waals surface area (Å²) in [5.74, 6) is -1.19. The van der Waals surface area contributed by atoms with E-state index in [-0.39, 0.29) is 24.8 Å². The second kappa shape index (κ2) is 9.70. The monoisotopic (exact) mass is 378 g/mol. The lowest BCUT2D eigenvalue weighted by Crippen LogP contribution is -2.47. The minimum atomic E-state index is -0.716. The van der Waals surface area contributed by atoms with E-state index in [2.05, 4.69) is 5.32 Å². The van der Waals surface area contributed by atoms with Gasteiger partial charge in [-0.15, -0.1) is 0 Å². The van der Waals surface area contributed by atoms with E-state index in [0.717, 1.165) is 0 Å². The van der Waals surface area contributed by atoms with Gasteiger partial charge in [0.1, 0.15) is 5.75 Å². The van der Waals surface area contributed by atoms with Crippen molar-refractivity contribution in [1.29, 1.82) is 0 Å². The van der Waals surface area contributed by atoms with Gasteiger partial charge in [0.25, 0.3) is 5.91 Å². The number of likely N-dealkylation sites (N-methyl/N-ethyl adjacent to an activating group) is 1. The van der Waals surface area contributed by atoms with Gasteiger partial charge in [0, 0.05) is 18.2 Å². The molecule has 1 rings (SSSR count). The number of hydrogen-bond donors (Lipinski definition) is 1. The Kier molecular flexibility index (Phi) is 7.96. The number of carbonyl (C=O) groups is 4. The van der Waals surface area contributed by atoms with Crippen LogP contribution in [0.25, 0.3) is 0 Å². The van der Waals surface area contributed by atoms with Crippen molar-refractivity contribution >= 4 is 23.6 Å². The van der Waals surface area contributed by atoms with Gasteiger partial charge >= 0.3 is 5.97 Å². The molecule has 0 aliphatic rings. The topological polar surface area (TPSA) is 102 Å². The number of rotatable bonds is 8. The number of hydrogen-bond acceptors (Lipinski definition) is 6. The van der Waals surface area contributed by atoms with Crippen molar-refractivity contribution in [3.8, 4) is 5.75 Å². The van der Waals surface area contributed by atoms with Crippen molar-refractivity contribution in [1.82, 2.24) is 10.2 Å². The molecule has 0 aliphatic heterocycles. The third kappa shape index (κ3) is 8.84. The Bertz CT molecular complexity index is 691. The van der Waals surface area contributed by atoms with E-state index in [4.69, 9.17) is 9.47 Å². The summed E-state index contributed by atoms with van der Waals surface area (Å²) in [4.78, 5) is 47.7. The van der Waals surface area contributed by atoms with Gasteiger partial charge in [-0.2, -0.15) is 0 Å². The van der Waals surface area contributed by atoms with Gasteiger partial charge < -0.3 is 19.7 Å². The summed E-state index contributed by atoms with van der Waals surface area (Å²) in [6.07, 6.45) is 0. The van der Waals surface area contributed by atoms with Gasteiger partial charge in [0.05, 0.1) is 6.54 Å². The molecule has 0 fully saturated rings. The van der Waals surface area contributed by atoms with Crippen molar-refractivity contribution in [3.63, 3.8) is 0 Å². The van der Waals surface area contributed by atoms with Gasteiger partial charge in [-0.3, -0.25) is 14.4 Å². The third-order valence-electron chi connectivity index (χ3n) is 3.30. The Morgan fingerprint density at radius 3 is 2.15 bits per heavy atom. The molecule has 0 unspecified atom stereocenters. The molecule has 27 heavy (non-hydrogen) atoms. The highest BCUT2D eigenvalue weighted by Crippen LogP contribution is 2.12. The molecule has 1 aromatic carbocycles. The molecule has 148 valence electrons. The lowest BCUT2D eigenvalue weighted by molar-refractivity contribution is -0.153. The normalized spacial score (nSPS) is 10.7. The number of ketones is 1. The molecule has 0 bridgehead atoms. The average Bonchev–Trinajstić information content (AvgIpc) is 2.56. The zero-order valence-electron chi connectivity index (χ0n) is 16.3. The fourth-order valence-corrected chi connectivity index (χ4v) is 1.98. The minimum absolute atomic E-state index is 0.0697. The molecular formula is C19H26N2O6. The van der Waals surface area contributed by atoms with Crippen LogP contribution in [0.4, 0.5) is 0 Å². The van der Waals surface area contributed by atoms with E-state index in [0.29, 0.717) is 11.3 Å². The number of benzene rings is 1. The lowest BCUT2D eigenvalue weighted by atomic mass is 10.1. The first-order valence-corrected chi connectivity index (χ1v) is 8.42. The standard InChI is InChI=1S/C19H26N2O6/c1-13(22)14-6-8-15(9-7-14)26-12-18(25)27-11-17(24)21(5)10-16(23)20-19(2,3)4/h6-9H,10-12H2,1-5H3,(H,20,23). The average molecular weight is 378 g/mol. The Morgan fingerprint density at radius 1 is 1.04 bits per heavy atom. The summed E-state index contributed by atoms with van der Waals surface area (Å²) in [7, 11) is 1.45. The molecule has 0 aliphatic carbocycles. The highest BCUT2D eigenvalue weighted by Gasteiger charge is 2.18. The van der Waals surface area contributed by atoms with Crippen LogP contribution in [0.5, 0.6) is 5.75 Å². The Balaban J connectivity index is 2.35. The Morgan fingerprint density at radius 2 is 1.63 bits per heavy atom. The summed E-state index contributed by atoms with van der Waals surface area (Å²) in [5, 5.41) is 2.74. The van der Waals surface area contributed by atoms with E-state index in [1.165, 1.54) is 18.9 Å². The lowest BCUT2D eigenvalue weighted by Gasteiger charge is -2.23. The first-order valence-electron chi connectivity index (χ1n) is 8.42. The van der Waals surface area contributed by atoms with Crippen LogP contribution >= 0.6 is 0 Å². The van der Waals surface area contributed by atoms with Crippen molar-refractivity contribution in [2.24, 2.45) is 0 Å². The van der Waals surface area contributed by atoms with Crippen LogP contribution in [0.2, 0.25) is 0 Å². The first-order chi connectivity index (χ1) is 12.5. The molecule has 8 heteroatoms. The molecule has 2 amide bonds. The van der Waals surface area contributed by atoms with Crippen molar-refractivity contribution in [2.75, 3.05) is 26.8 Å². The SMILES string of the molecule is CC(=O)c1ccc(OCC(=O)OCC(=O)N(C)CC(=O)NC(C)(C)C)cc1. The number of esters is 1. The first kappa shape index (κ1) is 22.1. The van der Waals surface area contributed by atoms with Crippen molar-refractivity contribution < 1.29 is 28.7 Å². The van der Waals surface area contributed by atoms with Crippen LogP contribution in [0, 0.1) is 0 Å². The largest absolute Gasteiger partial charge is 0.482 e. The molecule has 1 N–H and O–H groups in total. The fourth-order valence-electron chi connectivity index (χ4n) is 1.98. The van der Waals surface area contributed by atoms with E-state index in [1.54, 1.807) is 24.3 Å². The number of ether oxygens (including phenoxy) is 2. The Hall–Kier alpha value is -2.90. The molecule has 0 saturated heterocycles. The van der Waals surface area contributed by atoms with Gasteiger partial charge in [0.2, 0.25) is 5.91 Å². The highest BCUT2D eigenvalue weighted by molar-refractivity contribution is 5.94. The summed E-state index contributed by atoms with van der Waals surface area (Å²) < 4.78 is 10.1. The second-order valence-electron chi connectivity index (χ2n) is 7.08. The number of nitrogens with one attached hydrogen (secondary N) is 1. The van der Waals surface area contributed by atoms with Crippen LogP contribution in [0.15, 0.2) is 24.3 Å². The fraction of sp³-hybridized carbons (Fsp3) is 0.474. The zero-order chi connectivity index (χ0) is 20.6. The smallest absolute Gasteiger partial charge is 0.344 e. The van der Waals surface area contributed by atoms with Gasteiger partial charge in [-0.25, -0.2) is 4.79 Å². The second-order valence-corrected chi connectivity index (χ2v) is 7.08. The quantitative estimate of drug-likeness (QED) is 0.538. The highest BCUT2D eigenvalue weighted by atomic mass is 16.6. The summed E-state index contributed by atoms with van der Waals surface area (Å²) in [6.45, 7) is 5.97. The zero-order valence-corrected chi connectivity index (χ0v) is 16.3. The van der Waals surface area contributed by atoms with Gasteiger partial charge in [-0.1, -0.05) is 0 Å². The molecule has 0 atom stereocenters. The molecule has 0 aromatic heterocycles. The third-order valence-corrected chi connectivity index (χ3v) is 3.30. The maximum absolute atomic E-state index is 11.9. The minimum Gasteiger partial charge on any atom is -0.482 e. The van der Waals surface area contributed by atoms with E-state index < -0.39 is 24.0 Å². The van der Waals surface area contributed by atoms with Crippen LogP contribution in [-0.4, -0.2) is 60.8 Å². The summed E-state index contributed by atoms with van der Waals surface area (Å²) in [5.41, 5.74) is 0.141. The predicted molar refractivity (Wildman–Crippen MR) is 98.4 cm³/mol. The molecule has 8 nitrogen and oxygen atoms in total.